The Bertz CT molecular complexity index is 140. The van der Waals surface area contributed by atoms with E-state index in [1.54, 1.807) is 0 Å². The van der Waals surface area contributed by atoms with Gasteiger partial charge in [-0.15, -0.1) is 0 Å². The van der Waals surface area contributed by atoms with Gasteiger partial charge in [0.1, 0.15) is 0 Å². The van der Waals surface area contributed by atoms with Crippen LogP contribution in [0, 0.1) is 17.2 Å². The minimum atomic E-state index is -1.53. The highest BCUT2D eigenvalue weighted by Gasteiger charge is 2.15. The second kappa shape index (κ2) is 7.29. The molecular weight excluding hydrogens is 170 g/mol. The Labute approximate surface area is 76.1 Å². The Morgan fingerprint density at radius 3 is 2.17 bits per heavy atom. The number of hydrogen-bond donors (Lipinski definition) is 0. The minimum Gasteiger partial charge on any atom is -0.397 e. The van der Waals surface area contributed by atoms with Gasteiger partial charge in [-0.3, -0.25) is 0 Å². The van der Waals surface area contributed by atoms with E-state index in [1.165, 1.54) is 0 Å². The predicted molar refractivity (Wildman–Crippen MR) is 50.0 cm³/mol. The fraction of sp³-hybridized carbons (Fsp3) is 0.875. The second-order valence-electron chi connectivity index (χ2n) is 2.61. The van der Waals surface area contributed by atoms with Gasteiger partial charge in [0.2, 0.25) is 0 Å². The van der Waals surface area contributed by atoms with E-state index in [2.05, 4.69) is 6.07 Å². The molecule has 1 unspecified atom stereocenters. The second-order valence-corrected chi connectivity index (χ2v) is 4.60. The molecule has 70 valence electrons. The summed E-state index contributed by atoms with van der Waals surface area (Å²) in [7, 11) is -1.53. The molecule has 0 rings (SSSR count). The van der Waals surface area contributed by atoms with Gasteiger partial charge in [0.05, 0.1) is 6.07 Å². The molecule has 4 heteroatoms. The van der Waals surface area contributed by atoms with Crippen molar-refractivity contribution in [2.75, 3.05) is 13.2 Å². The number of nitrogens with zero attached hydrogens (tertiary/aromatic N) is 1. The molecule has 3 nitrogen and oxygen atoms in total. The van der Waals surface area contributed by atoms with E-state index in [0.29, 0.717) is 13.2 Å². The van der Waals surface area contributed by atoms with E-state index in [1.807, 2.05) is 20.8 Å². The molecule has 12 heavy (non-hydrogen) atoms. The number of rotatable bonds is 6. The molecule has 0 aromatic carbocycles. The number of hydrogen-bond acceptors (Lipinski definition) is 3. The van der Waals surface area contributed by atoms with Crippen LogP contribution in [0.1, 0.15) is 20.8 Å². The van der Waals surface area contributed by atoms with Crippen molar-refractivity contribution in [3.63, 3.8) is 0 Å². The van der Waals surface area contributed by atoms with Crippen molar-refractivity contribution in [2.45, 2.75) is 26.8 Å². The van der Waals surface area contributed by atoms with Crippen LogP contribution in [-0.4, -0.2) is 22.5 Å². The molecule has 0 aromatic heterocycles. The first-order valence-electron chi connectivity index (χ1n) is 4.37. The van der Waals surface area contributed by atoms with Crippen molar-refractivity contribution in [2.24, 2.45) is 5.92 Å². The van der Waals surface area contributed by atoms with E-state index in [0.717, 1.165) is 6.04 Å². The molecule has 0 aliphatic heterocycles. The number of nitriles is 1. The molecule has 0 aliphatic rings. The fourth-order valence-corrected chi connectivity index (χ4v) is 2.69. The molecule has 0 bridgehead atoms. The molecule has 0 aromatic rings. The van der Waals surface area contributed by atoms with Crippen LogP contribution in [0.15, 0.2) is 0 Å². The van der Waals surface area contributed by atoms with Crippen molar-refractivity contribution in [1.82, 2.24) is 0 Å². The summed E-state index contributed by atoms with van der Waals surface area (Å²) in [5.41, 5.74) is 0. The lowest BCUT2D eigenvalue weighted by Gasteiger charge is -2.15. The summed E-state index contributed by atoms with van der Waals surface area (Å²) in [6, 6.07) is 2.98. The largest absolute Gasteiger partial charge is 0.397 e. The van der Waals surface area contributed by atoms with Gasteiger partial charge in [-0.1, -0.05) is 0 Å². The third-order valence-electron chi connectivity index (χ3n) is 1.47. The van der Waals surface area contributed by atoms with E-state index < -0.39 is 9.28 Å². The maximum atomic E-state index is 8.58. The highest BCUT2D eigenvalue weighted by atomic mass is 28.3. The Morgan fingerprint density at radius 2 is 1.83 bits per heavy atom. The monoisotopic (exact) mass is 187 g/mol. The van der Waals surface area contributed by atoms with Crippen molar-refractivity contribution in [3.8, 4) is 6.07 Å². The topological polar surface area (TPSA) is 42.2 Å². The van der Waals surface area contributed by atoms with Crippen molar-refractivity contribution in [1.29, 1.82) is 5.26 Å². The molecular formula is C8H17NO2Si. The Balaban J connectivity index is 3.70. The quantitative estimate of drug-likeness (QED) is 0.591. The summed E-state index contributed by atoms with van der Waals surface area (Å²) in [5, 5.41) is 8.58. The van der Waals surface area contributed by atoms with Crippen LogP contribution < -0.4 is 0 Å². The highest BCUT2D eigenvalue weighted by molar-refractivity contribution is 6.44. The molecule has 0 spiro atoms. The van der Waals surface area contributed by atoms with Gasteiger partial charge in [0.25, 0.3) is 0 Å². The highest BCUT2D eigenvalue weighted by Crippen LogP contribution is 2.07. The lowest BCUT2D eigenvalue weighted by molar-refractivity contribution is 0.211. The minimum absolute atomic E-state index is 0.0553. The van der Waals surface area contributed by atoms with Gasteiger partial charge < -0.3 is 8.85 Å². The van der Waals surface area contributed by atoms with Crippen LogP contribution in [0.5, 0.6) is 0 Å². The predicted octanol–water partition coefficient (Wildman–Crippen LogP) is 1.44. The molecule has 0 fully saturated rings. The molecule has 0 heterocycles. The molecule has 0 radical (unpaired) electrons. The van der Waals surface area contributed by atoms with Gasteiger partial charge in [0.15, 0.2) is 0 Å². The molecule has 0 N–H and O–H groups in total. The first kappa shape index (κ1) is 11.6. The van der Waals surface area contributed by atoms with E-state index in [4.69, 9.17) is 14.1 Å². The van der Waals surface area contributed by atoms with Crippen LogP contribution in [0.4, 0.5) is 0 Å². The zero-order valence-electron chi connectivity index (χ0n) is 8.04. The first-order chi connectivity index (χ1) is 5.74. The molecule has 0 saturated carbocycles. The maximum Gasteiger partial charge on any atom is 0.322 e. The van der Waals surface area contributed by atoms with Crippen LogP contribution in [0.3, 0.4) is 0 Å². The Kier molecular flexibility index (Phi) is 7.06. The van der Waals surface area contributed by atoms with Crippen LogP contribution >= 0.6 is 0 Å². The van der Waals surface area contributed by atoms with E-state index in [9.17, 15) is 0 Å². The smallest absolute Gasteiger partial charge is 0.322 e. The summed E-state index contributed by atoms with van der Waals surface area (Å²) in [6.07, 6.45) is 0. The standard InChI is InChI=1S/C8H17NO2Si/c1-4-10-12(11-5-2)7-8(3)6-9/h8,12H,4-5,7H2,1-3H3. The Morgan fingerprint density at radius 1 is 1.33 bits per heavy atom. The molecule has 0 aliphatic carbocycles. The summed E-state index contributed by atoms with van der Waals surface area (Å²) in [5.74, 6) is 0.0553. The normalized spacial score (nSPS) is 12.9. The lowest BCUT2D eigenvalue weighted by Crippen LogP contribution is -2.24. The van der Waals surface area contributed by atoms with Crippen molar-refractivity contribution in [3.05, 3.63) is 0 Å². The summed E-state index contributed by atoms with van der Waals surface area (Å²) in [4.78, 5) is 0. The van der Waals surface area contributed by atoms with Crippen molar-refractivity contribution >= 4 is 9.28 Å². The van der Waals surface area contributed by atoms with Crippen LogP contribution in [0.25, 0.3) is 0 Å². The summed E-state index contributed by atoms with van der Waals surface area (Å²) in [6.45, 7) is 7.19. The van der Waals surface area contributed by atoms with Gasteiger partial charge in [0, 0.05) is 25.2 Å². The maximum absolute atomic E-state index is 8.58. The SMILES string of the molecule is CCO[SiH](CC(C)C#N)OCC. The van der Waals surface area contributed by atoms with E-state index >= 15 is 0 Å². The molecule has 1 atom stereocenters. The third-order valence-corrected chi connectivity index (χ3v) is 3.97. The summed E-state index contributed by atoms with van der Waals surface area (Å²) >= 11 is 0. The molecule has 0 saturated heterocycles. The van der Waals surface area contributed by atoms with Crippen molar-refractivity contribution < 1.29 is 8.85 Å². The summed E-state index contributed by atoms with van der Waals surface area (Å²) < 4.78 is 10.8. The zero-order chi connectivity index (χ0) is 9.40. The third kappa shape index (κ3) is 5.30. The van der Waals surface area contributed by atoms with Gasteiger partial charge in [-0.25, -0.2) is 0 Å². The lowest BCUT2D eigenvalue weighted by atomic mass is 10.3. The first-order valence-corrected chi connectivity index (χ1v) is 6.13. The average molecular weight is 187 g/mol. The van der Waals surface area contributed by atoms with Crippen LogP contribution in [0.2, 0.25) is 6.04 Å². The fourth-order valence-electron chi connectivity index (χ4n) is 0.897. The Hall–Kier alpha value is -0.373. The molecule has 0 amide bonds. The van der Waals surface area contributed by atoms with Gasteiger partial charge >= 0.3 is 9.28 Å². The van der Waals surface area contributed by atoms with Crippen LogP contribution in [-0.2, 0) is 8.85 Å². The van der Waals surface area contributed by atoms with Gasteiger partial charge in [-0.2, -0.15) is 5.26 Å². The zero-order valence-corrected chi connectivity index (χ0v) is 9.19. The average Bonchev–Trinajstić information content (AvgIpc) is 2.05. The van der Waals surface area contributed by atoms with E-state index in [-0.39, 0.29) is 5.92 Å². The van der Waals surface area contributed by atoms with Gasteiger partial charge in [-0.05, 0) is 20.8 Å².